The van der Waals surface area contributed by atoms with E-state index < -0.39 is 21.8 Å². The fourth-order valence-electron chi connectivity index (χ4n) is 3.20. The number of sulfonamides is 1. The number of amides is 2. The summed E-state index contributed by atoms with van der Waals surface area (Å²) in [6.45, 7) is 0.832. The van der Waals surface area contributed by atoms with Gasteiger partial charge in [-0.15, -0.1) is 11.3 Å². The van der Waals surface area contributed by atoms with Crippen molar-refractivity contribution in [3.8, 4) is 0 Å². The summed E-state index contributed by atoms with van der Waals surface area (Å²) >= 11 is 7.00. The normalized spacial score (nSPS) is 17.2. The molecule has 2 heterocycles. The van der Waals surface area contributed by atoms with Crippen LogP contribution in [0.4, 0.5) is 0 Å². The third-order valence-electron chi connectivity index (χ3n) is 4.70. The first-order chi connectivity index (χ1) is 13.9. The quantitative estimate of drug-likeness (QED) is 0.624. The molecule has 156 valence electrons. The number of halogens is 1. The highest BCUT2D eigenvalue weighted by Crippen LogP contribution is 2.28. The zero-order valence-electron chi connectivity index (χ0n) is 15.6. The molecule has 1 fully saturated rings. The predicted molar refractivity (Wildman–Crippen MR) is 112 cm³/mol. The van der Waals surface area contributed by atoms with Crippen LogP contribution >= 0.6 is 22.9 Å². The van der Waals surface area contributed by atoms with Crippen molar-refractivity contribution < 1.29 is 18.0 Å². The Morgan fingerprint density at radius 1 is 1.14 bits per heavy atom. The van der Waals surface area contributed by atoms with Gasteiger partial charge in [-0.2, -0.15) is 4.31 Å². The molecular weight excluding hydrogens is 434 g/mol. The molecule has 1 aliphatic heterocycles. The van der Waals surface area contributed by atoms with Crippen molar-refractivity contribution in [1.82, 2.24) is 14.9 Å². The van der Waals surface area contributed by atoms with Crippen LogP contribution in [0.15, 0.2) is 46.0 Å². The van der Waals surface area contributed by atoms with Gasteiger partial charge in [0, 0.05) is 30.7 Å². The van der Waals surface area contributed by atoms with Gasteiger partial charge >= 0.3 is 11.8 Å². The molecule has 3 rings (SSSR count). The van der Waals surface area contributed by atoms with Crippen LogP contribution in [0.3, 0.4) is 0 Å². The lowest BCUT2D eigenvalue weighted by Gasteiger charge is -2.23. The first-order valence-corrected chi connectivity index (χ1v) is 11.9. The Balaban J connectivity index is 1.46. The highest BCUT2D eigenvalue weighted by atomic mass is 35.5. The smallest absolute Gasteiger partial charge is 0.309 e. The number of thiophene rings is 1. The molecule has 0 saturated carbocycles. The molecule has 0 radical (unpaired) electrons. The second kappa shape index (κ2) is 9.71. The Labute approximate surface area is 179 Å². The summed E-state index contributed by atoms with van der Waals surface area (Å²) in [5.41, 5.74) is 0.996. The van der Waals surface area contributed by atoms with E-state index in [1.165, 1.54) is 15.6 Å². The lowest BCUT2D eigenvalue weighted by Crippen LogP contribution is -2.47. The molecule has 0 aliphatic carbocycles. The largest absolute Gasteiger partial charge is 0.348 e. The Morgan fingerprint density at radius 3 is 2.55 bits per heavy atom. The molecule has 2 amide bonds. The molecule has 0 bridgehead atoms. The number of rotatable bonds is 7. The van der Waals surface area contributed by atoms with Crippen molar-refractivity contribution in [2.45, 2.75) is 29.5 Å². The van der Waals surface area contributed by atoms with Gasteiger partial charge < -0.3 is 10.6 Å². The molecular formula is C19H22ClN3O4S2. The molecule has 1 aromatic heterocycles. The molecule has 2 aromatic rings. The molecule has 1 aliphatic rings. The number of benzene rings is 1. The monoisotopic (exact) mass is 455 g/mol. The van der Waals surface area contributed by atoms with Crippen LogP contribution in [0.2, 0.25) is 5.02 Å². The van der Waals surface area contributed by atoms with Crippen LogP contribution in [0.25, 0.3) is 0 Å². The second-order valence-electron chi connectivity index (χ2n) is 6.69. The fraction of sp³-hybridized carbons (Fsp3) is 0.368. The molecule has 2 N–H and O–H groups in total. The number of nitrogens with one attached hydrogen (secondary N) is 2. The fourth-order valence-corrected chi connectivity index (χ4v) is 6.14. The maximum atomic E-state index is 12.7. The average molecular weight is 456 g/mol. The summed E-state index contributed by atoms with van der Waals surface area (Å²) in [5, 5.41) is 7.48. The summed E-state index contributed by atoms with van der Waals surface area (Å²) in [7, 11) is -3.57. The highest BCUT2D eigenvalue weighted by molar-refractivity contribution is 7.91. The van der Waals surface area contributed by atoms with Gasteiger partial charge in [0.2, 0.25) is 0 Å². The summed E-state index contributed by atoms with van der Waals surface area (Å²) in [5.74, 6) is -1.49. The molecule has 10 heteroatoms. The number of hydrogen-bond donors (Lipinski definition) is 2. The Kier molecular flexibility index (Phi) is 7.28. The van der Waals surface area contributed by atoms with E-state index in [2.05, 4.69) is 10.6 Å². The zero-order chi connectivity index (χ0) is 20.9. The van der Waals surface area contributed by atoms with Gasteiger partial charge in [-0.3, -0.25) is 9.59 Å². The van der Waals surface area contributed by atoms with E-state index in [-0.39, 0.29) is 16.8 Å². The van der Waals surface area contributed by atoms with Crippen molar-refractivity contribution in [2.24, 2.45) is 0 Å². The SMILES string of the molecule is O=C(NCCc1ccc(Cl)cc1)C(=O)NC[C@H]1CCCN1S(=O)(=O)c1cccs1. The topological polar surface area (TPSA) is 95.6 Å². The lowest BCUT2D eigenvalue weighted by atomic mass is 10.1. The number of nitrogens with zero attached hydrogens (tertiary/aromatic N) is 1. The Morgan fingerprint density at radius 2 is 1.86 bits per heavy atom. The van der Waals surface area contributed by atoms with Gasteiger partial charge in [0.1, 0.15) is 4.21 Å². The third-order valence-corrected chi connectivity index (χ3v) is 8.27. The van der Waals surface area contributed by atoms with Gasteiger partial charge in [-0.05, 0) is 48.4 Å². The summed E-state index contributed by atoms with van der Waals surface area (Å²) in [6.07, 6.45) is 1.94. The van der Waals surface area contributed by atoms with Crippen molar-refractivity contribution in [2.75, 3.05) is 19.6 Å². The zero-order valence-corrected chi connectivity index (χ0v) is 18.0. The third kappa shape index (κ3) is 5.57. The maximum Gasteiger partial charge on any atom is 0.309 e. The molecule has 1 aromatic carbocycles. The van der Waals surface area contributed by atoms with Crippen LogP contribution in [0, 0.1) is 0 Å². The first-order valence-electron chi connectivity index (χ1n) is 9.24. The van der Waals surface area contributed by atoms with E-state index >= 15 is 0 Å². The van der Waals surface area contributed by atoms with Crippen LogP contribution in [0.1, 0.15) is 18.4 Å². The molecule has 7 nitrogen and oxygen atoms in total. The molecule has 1 atom stereocenters. The number of carbonyl (C=O) groups is 2. The van der Waals surface area contributed by atoms with Gasteiger partial charge in [-0.1, -0.05) is 29.8 Å². The van der Waals surface area contributed by atoms with Crippen LogP contribution in [-0.2, 0) is 26.0 Å². The minimum absolute atomic E-state index is 0.105. The number of hydrogen-bond acceptors (Lipinski definition) is 5. The molecule has 0 unspecified atom stereocenters. The van der Waals surface area contributed by atoms with E-state index in [0.717, 1.165) is 12.0 Å². The summed E-state index contributed by atoms with van der Waals surface area (Å²) in [4.78, 5) is 24.0. The van der Waals surface area contributed by atoms with Crippen LogP contribution < -0.4 is 10.6 Å². The molecule has 1 saturated heterocycles. The maximum absolute atomic E-state index is 12.7. The second-order valence-corrected chi connectivity index (χ2v) is 10.2. The number of carbonyl (C=O) groups excluding carboxylic acids is 2. The van der Waals surface area contributed by atoms with E-state index in [4.69, 9.17) is 11.6 Å². The van der Waals surface area contributed by atoms with Crippen molar-refractivity contribution >= 4 is 44.8 Å². The van der Waals surface area contributed by atoms with Crippen molar-refractivity contribution in [1.29, 1.82) is 0 Å². The Hall–Kier alpha value is -1.94. The van der Waals surface area contributed by atoms with E-state index in [0.29, 0.717) is 31.0 Å². The predicted octanol–water partition coefficient (Wildman–Crippen LogP) is 2.03. The minimum Gasteiger partial charge on any atom is -0.348 e. The molecule has 29 heavy (non-hydrogen) atoms. The van der Waals surface area contributed by atoms with Crippen molar-refractivity contribution in [3.63, 3.8) is 0 Å². The van der Waals surface area contributed by atoms with Gasteiger partial charge in [0.05, 0.1) is 0 Å². The van der Waals surface area contributed by atoms with E-state index in [9.17, 15) is 18.0 Å². The van der Waals surface area contributed by atoms with Crippen LogP contribution in [-0.4, -0.2) is 50.2 Å². The van der Waals surface area contributed by atoms with Gasteiger partial charge in [0.15, 0.2) is 0 Å². The highest BCUT2D eigenvalue weighted by Gasteiger charge is 2.36. The van der Waals surface area contributed by atoms with Crippen molar-refractivity contribution in [3.05, 3.63) is 52.4 Å². The van der Waals surface area contributed by atoms with Crippen LogP contribution in [0.5, 0.6) is 0 Å². The average Bonchev–Trinajstić information content (AvgIpc) is 3.40. The molecule has 0 spiro atoms. The lowest BCUT2D eigenvalue weighted by molar-refractivity contribution is -0.139. The Bertz CT molecular complexity index is 946. The minimum atomic E-state index is -3.57. The summed E-state index contributed by atoms with van der Waals surface area (Å²) < 4.78 is 27.1. The van der Waals surface area contributed by atoms with E-state index in [1.54, 1.807) is 29.6 Å². The standard InChI is InChI=1S/C19H22ClN3O4S2/c20-15-7-5-14(6-8-15)9-10-21-18(24)19(25)22-13-16-3-1-11-23(16)29(26,27)17-4-2-12-28-17/h2,4-8,12,16H,1,3,9-11,13H2,(H,21,24)(H,22,25)/t16-/m1/s1. The van der Waals surface area contributed by atoms with Gasteiger partial charge in [0.25, 0.3) is 10.0 Å². The summed E-state index contributed by atoms with van der Waals surface area (Å²) in [6, 6.07) is 10.2. The van der Waals surface area contributed by atoms with Gasteiger partial charge in [-0.25, -0.2) is 8.42 Å². The van der Waals surface area contributed by atoms with E-state index in [1.807, 2.05) is 12.1 Å². The first kappa shape index (κ1) is 21.8.